The zero-order valence-electron chi connectivity index (χ0n) is 12.0. The predicted molar refractivity (Wildman–Crippen MR) is 72.1 cm³/mol. The van der Waals surface area contributed by atoms with Crippen LogP contribution < -0.4 is 11.2 Å². The molecule has 1 aromatic rings. The zero-order chi connectivity index (χ0) is 17.4. The summed E-state index contributed by atoms with van der Waals surface area (Å²) >= 11 is 0. The Morgan fingerprint density at radius 1 is 1.48 bits per heavy atom. The van der Waals surface area contributed by atoms with Crippen LogP contribution in [-0.2, 0) is 15.2 Å². The molecular formula is C12H16N2O9. The number of rotatable bonds is 5. The molecule has 0 saturated carbocycles. The number of aromatic carboxylic acids is 1. The minimum Gasteiger partial charge on any atom is -0.477 e. The van der Waals surface area contributed by atoms with E-state index in [4.69, 9.17) is 14.6 Å². The summed E-state index contributed by atoms with van der Waals surface area (Å²) in [5, 5.41) is 38.0. The van der Waals surface area contributed by atoms with Crippen LogP contribution in [0.15, 0.2) is 15.8 Å². The fourth-order valence-electron chi connectivity index (χ4n) is 2.63. The lowest BCUT2D eigenvalue weighted by Crippen LogP contribution is -2.55. The van der Waals surface area contributed by atoms with Crippen molar-refractivity contribution in [3.05, 3.63) is 32.6 Å². The van der Waals surface area contributed by atoms with E-state index in [1.165, 1.54) is 7.11 Å². The minimum absolute atomic E-state index is 0.630. The second-order valence-corrected chi connectivity index (χ2v) is 4.97. The first kappa shape index (κ1) is 17.3. The van der Waals surface area contributed by atoms with E-state index in [0.29, 0.717) is 10.8 Å². The minimum atomic E-state index is -2.01. The van der Waals surface area contributed by atoms with Crippen LogP contribution in [0.25, 0.3) is 0 Å². The summed E-state index contributed by atoms with van der Waals surface area (Å²) < 4.78 is 11.1. The molecule has 1 aliphatic rings. The Kier molecular flexibility index (Phi) is 4.68. The molecule has 128 valence electrons. The lowest BCUT2D eigenvalue weighted by molar-refractivity contribution is -0.180. The Balaban J connectivity index is 2.70. The third-order valence-corrected chi connectivity index (χ3v) is 3.73. The number of ether oxygens (including phenoxy) is 2. The standard InChI is InChI=1S/C12H16N2O9/c1-22-8-7(17)6(3-15)23-12(8,4-16)14-2-5(10(19)20)9(18)13-11(14)21/h2,6-8,15-17H,3-4H2,1H3,(H,19,20)(H,13,18,21)/t6-,7-,8-,12-/m1/s1. The summed E-state index contributed by atoms with van der Waals surface area (Å²) in [6.07, 6.45) is -3.18. The van der Waals surface area contributed by atoms with Gasteiger partial charge in [0.05, 0.1) is 13.2 Å². The fourth-order valence-corrected chi connectivity index (χ4v) is 2.63. The number of hydrogen-bond donors (Lipinski definition) is 5. The maximum atomic E-state index is 12.1. The summed E-state index contributed by atoms with van der Waals surface area (Å²) in [5.41, 5.74) is -4.97. The maximum Gasteiger partial charge on any atom is 0.342 e. The molecule has 11 heteroatoms. The molecule has 11 nitrogen and oxygen atoms in total. The topological polar surface area (TPSA) is 171 Å². The lowest BCUT2D eigenvalue weighted by Gasteiger charge is -2.33. The number of methoxy groups -OCH3 is 1. The van der Waals surface area contributed by atoms with Crippen LogP contribution in [0.1, 0.15) is 10.4 Å². The number of nitrogens with zero attached hydrogens (tertiary/aromatic N) is 1. The van der Waals surface area contributed by atoms with Crippen molar-refractivity contribution in [3.8, 4) is 0 Å². The SMILES string of the molecule is CO[C@@H]1[C@H](O)[C@@H](CO)O[C@@]1(CO)n1cc(C(=O)O)c(=O)[nH]c1=O. The average molecular weight is 332 g/mol. The van der Waals surface area contributed by atoms with Crippen LogP contribution in [0.3, 0.4) is 0 Å². The Bertz CT molecular complexity index is 711. The molecule has 1 aromatic heterocycles. The number of hydrogen-bond acceptors (Lipinski definition) is 8. The van der Waals surface area contributed by atoms with E-state index in [9.17, 15) is 29.7 Å². The van der Waals surface area contributed by atoms with Gasteiger partial charge in [0.15, 0.2) is 0 Å². The smallest absolute Gasteiger partial charge is 0.342 e. The van der Waals surface area contributed by atoms with Crippen LogP contribution in [0.4, 0.5) is 0 Å². The lowest BCUT2D eigenvalue weighted by atomic mass is 10.0. The first-order valence-corrected chi connectivity index (χ1v) is 6.52. The third kappa shape index (κ3) is 2.58. The van der Waals surface area contributed by atoms with Crippen LogP contribution in [-0.4, -0.2) is 74.6 Å². The molecule has 2 heterocycles. The van der Waals surface area contributed by atoms with Crippen molar-refractivity contribution < 1.29 is 34.7 Å². The molecular weight excluding hydrogens is 316 g/mol. The molecule has 0 radical (unpaired) electrons. The summed E-state index contributed by atoms with van der Waals surface area (Å²) in [5.74, 6) is -1.60. The van der Waals surface area contributed by atoms with E-state index >= 15 is 0 Å². The number of nitrogens with one attached hydrogen (secondary N) is 1. The van der Waals surface area contributed by atoms with Gasteiger partial charge in [-0.15, -0.1) is 0 Å². The van der Waals surface area contributed by atoms with Crippen LogP contribution in [0, 0.1) is 0 Å². The third-order valence-electron chi connectivity index (χ3n) is 3.73. The van der Waals surface area contributed by atoms with E-state index in [1.54, 1.807) is 4.98 Å². The molecule has 1 fully saturated rings. The Labute approximate surface area is 128 Å². The van der Waals surface area contributed by atoms with Gasteiger partial charge in [-0.05, 0) is 0 Å². The molecule has 1 aliphatic heterocycles. The van der Waals surface area contributed by atoms with Gasteiger partial charge in [-0.1, -0.05) is 0 Å². The van der Waals surface area contributed by atoms with Gasteiger partial charge in [0.1, 0.15) is 23.9 Å². The largest absolute Gasteiger partial charge is 0.477 e. The van der Waals surface area contributed by atoms with Gasteiger partial charge in [0.2, 0.25) is 5.72 Å². The molecule has 0 amide bonds. The van der Waals surface area contributed by atoms with Crippen molar-refractivity contribution in [2.45, 2.75) is 24.0 Å². The highest BCUT2D eigenvalue weighted by molar-refractivity contribution is 5.86. The summed E-state index contributed by atoms with van der Waals surface area (Å²) in [4.78, 5) is 36.4. The van der Waals surface area contributed by atoms with Crippen LogP contribution in [0.2, 0.25) is 0 Å². The quantitative estimate of drug-likeness (QED) is 0.369. The van der Waals surface area contributed by atoms with Crippen molar-refractivity contribution in [2.24, 2.45) is 0 Å². The zero-order valence-corrected chi connectivity index (χ0v) is 12.0. The maximum absolute atomic E-state index is 12.1. The first-order valence-electron chi connectivity index (χ1n) is 6.52. The van der Waals surface area contributed by atoms with Crippen LogP contribution in [0.5, 0.6) is 0 Å². The molecule has 0 aromatic carbocycles. The van der Waals surface area contributed by atoms with Crippen molar-refractivity contribution in [3.63, 3.8) is 0 Å². The number of aromatic amines is 1. The van der Waals surface area contributed by atoms with E-state index in [-0.39, 0.29) is 0 Å². The van der Waals surface area contributed by atoms with E-state index in [0.717, 1.165) is 0 Å². The molecule has 0 spiro atoms. The van der Waals surface area contributed by atoms with Gasteiger partial charge < -0.3 is 29.9 Å². The van der Waals surface area contributed by atoms with Gasteiger partial charge in [0, 0.05) is 13.3 Å². The molecule has 0 unspecified atom stereocenters. The average Bonchev–Trinajstić information content (AvgIpc) is 2.79. The van der Waals surface area contributed by atoms with Crippen LogP contribution >= 0.6 is 0 Å². The van der Waals surface area contributed by atoms with E-state index in [1.807, 2.05) is 0 Å². The van der Waals surface area contributed by atoms with Crippen molar-refractivity contribution in [2.75, 3.05) is 20.3 Å². The van der Waals surface area contributed by atoms with Crippen molar-refractivity contribution in [1.29, 1.82) is 0 Å². The second kappa shape index (κ2) is 6.22. The fraction of sp³-hybridized carbons (Fsp3) is 0.583. The summed E-state index contributed by atoms with van der Waals surface area (Å²) in [6.45, 7) is -1.52. The Hall–Kier alpha value is -2.05. The molecule has 2 rings (SSSR count). The van der Waals surface area contributed by atoms with E-state index < -0.39 is 60.0 Å². The molecule has 23 heavy (non-hydrogen) atoms. The van der Waals surface area contributed by atoms with Gasteiger partial charge >= 0.3 is 11.7 Å². The highest BCUT2D eigenvalue weighted by Crippen LogP contribution is 2.36. The highest BCUT2D eigenvalue weighted by Gasteiger charge is 2.57. The number of H-pyrrole nitrogens is 1. The molecule has 4 atom stereocenters. The second-order valence-electron chi connectivity index (χ2n) is 4.97. The summed E-state index contributed by atoms with van der Waals surface area (Å²) in [6, 6.07) is 0. The van der Waals surface area contributed by atoms with Gasteiger partial charge in [-0.2, -0.15) is 0 Å². The number of aliphatic hydroxyl groups is 3. The number of aliphatic hydroxyl groups excluding tert-OH is 3. The Morgan fingerprint density at radius 2 is 2.13 bits per heavy atom. The Morgan fingerprint density at radius 3 is 2.61 bits per heavy atom. The summed E-state index contributed by atoms with van der Waals surface area (Å²) in [7, 11) is 1.18. The molecule has 5 N–H and O–H groups in total. The monoisotopic (exact) mass is 332 g/mol. The van der Waals surface area contributed by atoms with Gasteiger partial charge in [0.25, 0.3) is 5.56 Å². The number of carboxylic acid groups (broad SMARTS) is 1. The highest BCUT2D eigenvalue weighted by atomic mass is 16.6. The number of carboxylic acids is 1. The number of aromatic nitrogens is 2. The van der Waals surface area contributed by atoms with Gasteiger partial charge in [-0.3, -0.25) is 14.3 Å². The molecule has 1 saturated heterocycles. The normalized spacial score (nSPS) is 30.5. The molecule has 0 bridgehead atoms. The van der Waals surface area contributed by atoms with Crippen molar-refractivity contribution >= 4 is 5.97 Å². The molecule has 0 aliphatic carbocycles. The van der Waals surface area contributed by atoms with Crippen molar-refractivity contribution in [1.82, 2.24) is 9.55 Å². The van der Waals surface area contributed by atoms with Gasteiger partial charge in [-0.25, -0.2) is 9.59 Å². The van der Waals surface area contributed by atoms with E-state index in [2.05, 4.69) is 0 Å². The first-order chi connectivity index (χ1) is 10.8. The predicted octanol–water partition coefficient (Wildman–Crippen LogP) is -3.35. The number of carbonyl (C=O) groups is 1.